The molecule has 8 heteroatoms. The molecular formula is C21H28N3O4S+. The van der Waals surface area contributed by atoms with E-state index in [0.29, 0.717) is 32.0 Å². The van der Waals surface area contributed by atoms with E-state index in [9.17, 15) is 13.2 Å². The highest BCUT2D eigenvalue weighted by atomic mass is 32.2. The molecule has 2 aromatic carbocycles. The second-order valence-corrected chi connectivity index (χ2v) is 9.15. The number of carbonyl (C=O) groups is 1. The third-order valence-corrected chi connectivity index (χ3v) is 6.96. The summed E-state index contributed by atoms with van der Waals surface area (Å²) in [6.07, 6.45) is 0. The Bertz CT molecular complexity index is 911. The molecule has 3 rings (SSSR count). The minimum atomic E-state index is -3.54. The number of ether oxygens (including phenoxy) is 1. The van der Waals surface area contributed by atoms with Gasteiger partial charge in [-0.05, 0) is 38.1 Å². The molecular weight excluding hydrogens is 390 g/mol. The number of nitrogens with one attached hydrogen (secondary N) is 1. The Morgan fingerprint density at radius 2 is 1.66 bits per heavy atom. The van der Waals surface area contributed by atoms with Crippen LogP contribution in [0, 0.1) is 0 Å². The fourth-order valence-electron chi connectivity index (χ4n) is 3.29. The molecule has 1 aliphatic heterocycles. The maximum absolute atomic E-state index is 12.7. The van der Waals surface area contributed by atoms with Crippen molar-refractivity contribution in [1.82, 2.24) is 4.31 Å². The van der Waals surface area contributed by atoms with Crippen LogP contribution in [-0.4, -0.2) is 51.0 Å². The van der Waals surface area contributed by atoms with Gasteiger partial charge in [-0.1, -0.05) is 30.3 Å². The standard InChI is InChI=1S/C21H27N3O4S/c1-16(18-6-4-3-5-7-18)22-17(2)21(25)23-19-8-10-20(11-9-19)29(26,27)24-12-14-28-15-13-24/h3-11,16-17,22H,12-15H2,1-2H3,(H,23,25)/p+1/t16-,17+/m1/s1. The SMILES string of the molecule is C[C@H]([NH2+][C@H](C)c1ccccc1)C(=O)Nc1ccc(S(=O)(=O)N2CCOCC2)cc1. The summed E-state index contributed by atoms with van der Waals surface area (Å²) in [5, 5.41) is 4.86. The van der Waals surface area contributed by atoms with E-state index in [4.69, 9.17) is 4.74 Å². The summed E-state index contributed by atoms with van der Waals surface area (Å²) in [4.78, 5) is 12.7. The van der Waals surface area contributed by atoms with Gasteiger partial charge >= 0.3 is 0 Å². The second-order valence-electron chi connectivity index (χ2n) is 7.21. The smallest absolute Gasteiger partial charge is 0.282 e. The summed E-state index contributed by atoms with van der Waals surface area (Å²) in [6.45, 7) is 5.43. The first-order valence-electron chi connectivity index (χ1n) is 9.76. The lowest BCUT2D eigenvalue weighted by Gasteiger charge is -2.26. The van der Waals surface area contributed by atoms with Crippen molar-refractivity contribution in [2.75, 3.05) is 31.6 Å². The van der Waals surface area contributed by atoms with Crippen molar-refractivity contribution in [3.63, 3.8) is 0 Å². The van der Waals surface area contributed by atoms with E-state index in [-0.39, 0.29) is 22.9 Å². The second kappa shape index (κ2) is 9.49. The largest absolute Gasteiger partial charge is 0.379 e. The van der Waals surface area contributed by atoms with Crippen molar-refractivity contribution >= 4 is 21.6 Å². The van der Waals surface area contributed by atoms with Crippen LogP contribution in [0.1, 0.15) is 25.5 Å². The molecule has 0 unspecified atom stereocenters. The lowest BCUT2D eigenvalue weighted by molar-refractivity contribution is -0.709. The molecule has 3 N–H and O–H groups in total. The maximum atomic E-state index is 12.7. The average molecular weight is 419 g/mol. The number of carbonyl (C=O) groups excluding carboxylic acids is 1. The number of quaternary nitrogens is 1. The molecule has 2 aromatic rings. The molecule has 1 fully saturated rings. The van der Waals surface area contributed by atoms with Gasteiger partial charge in [-0.3, -0.25) is 4.79 Å². The van der Waals surface area contributed by atoms with Gasteiger partial charge in [0.15, 0.2) is 6.04 Å². The number of sulfonamides is 1. The molecule has 0 saturated carbocycles. The summed E-state index contributed by atoms with van der Waals surface area (Å²) in [5.41, 5.74) is 1.73. The summed E-state index contributed by atoms with van der Waals surface area (Å²) >= 11 is 0. The number of hydrogen-bond acceptors (Lipinski definition) is 4. The fourth-order valence-corrected chi connectivity index (χ4v) is 4.70. The molecule has 1 saturated heterocycles. The lowest BCUT2D eigenvalue weighted by Crippen LogP contribution is -2.91. The van der Waals surface area contributed by atoms with Crippen LogP contribution >= 0.6 is 0 Å². The van der Waals surface area contributed by atoms with Gasteiger partial charge in [0.25, 0.3) is 5.91 Å². The summed E-state index contributed by atoms with van der Waals surface area (Å²) in [6, 6.07) is 16.2. The number of nitrogens with zero attached hydrogens (tertiary/aromatic N) is 1. The minimum absolute atomic E-state index is 0.128. The highest BCUT2D eigenvalue weighted by Crippen LogP contribution is 2.19. The molecule has 1 heterocycles. The van der Waals surface area contributed by atoms with Crippen LogP contribution in [-0.2, 0) is 19.6 Å². The number of rotatable bonds is 7. The Morgan fingerprint density at radius 1 is 1.03 bits per heavy atom. The maximum Gasteiger partial charge on any atom is 0.282 e. The zero-order valence-corrected chi connectivity index (χ0v) is 17.6. The average Bonchev–Trinajstić information content (AvgIpc) is 2.75. The quantitative estimate of drug-likeness (QED) is 0.710. The number of morpholine rings is 1. The monoisotopic (exact) mass is 418 g/mol. The van der Waals surface area contributed by atoms with Crippen LogP contribution in [0.5, 0.6) is 0 Å². The summed E-state index contributed by atoms with van der Waals surface area (Å²) in [7, 11) is -3.54. The molecule has 1 amide bonds. The molecule has 2 atom stereocenters. The first-order valence-corrected chi connectivity index (χ1v) is 11.2. The number of nitrogens with two attached hydrogens (primary N) is 1. The van der Waals surface area contributed by atoms with Crippen molar-refractivity contribution in [2.45, 2.75) is 30.8 Å². The topological polar surface area (TPSA) is 92.3 Å². The molecule has 0 radical (unpaired) electrons. The molecule has 0 aliphatic carbocycles. The van der Waals surface area contributed by atoms with Gasteiger partial charge in [-0.15, -0.1) is 0 Å². The molecule has 7 nitrogen and oxygen atoms in total. The van der Waals surface area contributed by atoms with Crippen molar-refractivity contribution in [1.29, 1.82) is 0 Å². The van der Waals surface area contributed by atoms with Gasteiger partial charge in [0.1, 0.15) is 6.04 Å². The van der Waals surface area contributed by atoms with E-state index in [1.165, 1.54) is 16.4 Å². The molecule has 0 spiro atoms. The van der Waals surface area contributed by atoms with E-state index in [0.717, 1.165) is 5.56 Å². The zero-order chi connectivity index (χ0) is 20.9. The summed E-state index contributed by atoms with van der Waals surface area (Å²) < 4.78 is 32.0. The third kappa shape index (κ3) is 5.42. The number of anilines is 1. The highest BCUT2D eigenvalue weighted by molar-refractivity contribution is 7.89. The predicted molar refractivity (Wildman–Crippen MR) is 111 cm³/mol. The van der Waals surface area contributed by atoms with E-state index in [2.05, 4.69) is 12.2 Å². The minimum Gasteiger partial charge on any atom is -0.379 e. The normalized spacial score (nSPS) is 17.4. The Morgan fingerprint density at radius 3 is 2.28 bits per heavy atom. The Kier molecular flexibility index (Phi) is 7.02. The number of amides is 1. The van der Waals surface area contributed by atoms with Crippen LogP contribution in [0.25, 0.3) is 0 Å². The van der Waals surface area contributed by atoms with Crippen LogP contribution in [0.4, 0.5) is 5.69 Å². The zero-order valence-electron chi connectivity index (χ0n) is 16.7. The highest BCUT2D eigenvalue weighted by Gasteiger charge is 2.26. The van der Waals surface area contributed by atoms with Crippen molar-refractivity contribution in [3.05, 3.63) is 60.2 Å². The Balaban J connectivity index is 1.59. The summed E-state index contributed by atoms with van der Waals surface area (Å²) in [5.74, 6) is -0.128. The van der Waals surface area contributed by atoms with Gasteiger partial charge in [0.05, 0.1) is 18.1 Å². The van der Waals surface area contributed by atoms with Gasteiger partial charge in [-0.2, -0.15) is 4.31 Å². The van der Waals surface area contributed by atoms with Gasteiger partial charge < -0.3 is 15.4 Å². The van der Waals surface area contributed by atoms with E-state index >= 15 is 0 Å². The van der Waals surface area contributed by atoms with Crippen LogP contribution < -0.4 is 10.6 Å². The van der Waals surface area contributed by atoms with Crippen molar-refractivity contribution in [3.8, 4) is 0 Å². The Labute approximate surface area is 172 Å². The lowest BCUT2D eigenvalue weighted by atomic mass is 10.1. The van der Waals surface area contributed by atoms with E-state index in [1.807, 2.05) is 42.6 Å². The third-order valence-electron chi connectivity index (χ3n) is 5.05. The van der Waals surface area contributed by atoms with Crippen LogP contribution in [0.15, 0.2) is 59.5 Å². The first-order chi connectivity index (χ1) is 13.9. The van der Waals surface area contributed by atoms with E-state index in [1.54, 1.807) is 12.1 Å². The van der Waals surface area contributed by atoms with Crippen molar-refractivity contribution < 1.29 is 23.3 Å². The molecule has 156 valence electrons. The molecule has 0 aromatic heterocycles. The molecule has 0 bridgehead atoms. The van der Waals surface area contributed by atoms with Crippen LogP contribution in [0.3, 0.4) is 0 Å². The van der Waals surface area contributed by atoms with E-state index < -0.39 is 10.0 Å². The van der Waals surface area contributed by atoms with Crippen LogP contribution in [0.2, 0.25) is 0 Å². The first kappa shape index (κ1) is 21.4. The van der Waals surface area contributed by atoms with Gasteiger partial charge in [0.2, 0.25) is 10.0 Å². The number of benzene rings is 2. The van der Waals surface area contributed by atoms with Gasteiger partial charge in [-0.25, -0.2) is 8.42 Å². The van der Waals surface area contributed by atoms with Gasteiger partial charge in [0, 0.05) is 24.3 Å². The fraction of sp³-hybridized carbons (Fsp3) is 0.381. The molecule has 1 aliphatic rings. The van der Waals surface area contributed by atoms with Crippen molar-refractivity contribution in [2.24, 2.45) is 0 Å². The molecule has 29 heavy (non-hydrogen) atoms. The number of hydrogen-bond donors (Lipinski definition) is 2. The Hall–Kier alpha value is -2.26. The predicted octanol–water partition coefficient (Wildman–Crippen LogP) is 1.36.